The van der Waals surface area contributed by atoms with Crippen molar-refractivity contribution in [2.75, 3.05) is 0 Å². The largest absolute Gasteiger partial charge is 0.298 e. The summed E-state index contributed by atoms with van der Waals surface area (Å²) in [6, 6.07) is 0. The van der Waals surface area contributed by atoms with E-state index in [0.717, 1.165) is 24.8 Å². The van der Waals surface area contributed by atoms with Gasteiger partial charge in [0.25, 0.3) is 0 Å². The molecule has 1 nitrogen and oxygen atoms in total. The highest BCUT2D eigenvalue weighted by atomic mass is 35.5. The topological polar surface area (TPSA) is 17.1 Å². The van der Waals surface area contributed by atoms with Gasteiger partial charge in [-0.1, -0.05) is 19.4 Å². The van der Waals surface area contributed by atoms with Crippen molar-refractivity contribution in [3.63, 3.8) is 0 Å². The lowest BCUT2D eigenvalue weighted by atomic mass is 9.70. The van der Waals surface area contributed by atoms with Crippen molar-refractivity contribution in [3.05, 3.63) is 12.2 Å². The van der Waals surface area contributed by atoms with Crippen LogP contribution < -0.4 is 0 Å². The summed E-state index contributed by atoms with van der Waals surface area (Å²) in [5.41, 5.74) is 1.27. The number of allylic oxidation sites excluding steroid dienone is 1. The summed E-state index contributed by atoms with van der Waals surface area (Å²) in [6.45, 7) is 10.2. The first kappa shape index (κ1) is 11.8. The lowest BCUT2D eigenvalue weighted by Gasteiger charge is -2.36. The molecule has 0 aromatic rings. The summed E-state index contributed by atoms with van der Waals surface area (Å²) in [4.78, 5) is 11.8. The third-order valence-corrected chi connectivity index (χ3v) is 3.21. The lowest BCUT2D eigenvalue weighted by molar-refractivity contribution is -0.126. The molecule has 1 aliphatic carbocycles. The van der Waals surface area contributed by atoms with Gasteiger partial charge < -0.3 is 0 Å². The second kappa shape index (κ2) is 4.06. The van der Waals surface area contributed by atoms with Crippen molar-refractivity contribution in [1.82, 2.24) is 0 Å². The fraction of sp³-hybridized carbons (Fsp3) is 0.750. The zero-order valence-electron chi connectivity index (χ0n) is 9.27. The van der Waals surface area contributed by atoms with E-state index < -0.39 is 0 Å². The van der Waals surface area contributed by atoms with Crippen LogP contribution in [0.4, 0.5) is 0 Å². The van der Waals surface area contributed by atoms with Crippen molar-refractivity contribution in [2.24, 2.45) is 11.3 Å². The molecule has 0 N–H and O–H groups in total. The lowest BCUT2D eigenvalue weighted by Crippen LogP contribution is -2.38. The van der Waals surface area contributed by atoms with Gasteiger partial charge in [-0.3, -0.25) is 4.79 Å². The van der Waals surface area contributed by atoms with E-state index in [-0.39, 0.29) is 22.5 Å². The zero-order valence-corrected chi connectivity index (χ0v) is 10.0. The molecule has 1 aliphatic rings. The first-order valence-corrected chi connectivity index (χ1v) is 5.58. The first-order valence-electron chi connectivity index (χ1n) is 5.14. The van der Waals surface area contributed by atoms with Crippen molar-refractivity contribution in [2.45, 2.75) is 45.4 Å². The molecule has 2 atom stereocenters. The van der Waals surface area contributed by atoms with Gasteiger partial charge in [0.2, 0.25) is 0 Å². The van der Waals surface area contributed by atoms with E-state index in [1.54, 1.807) is 0 Å². The Hall–Kier alpha value is -0.300. The second-order valence-electron chi connectivity index (χ2n) is 5.30. The number of hydrogen-bond donors (Lipinski definition) is 0. The molecule has 0 bridgehead atoms. The maximum Gasteiger partial charge on any atom is 0.154 e. The van der Waals surface area contributed by atoms with Crippen LogP contribution in [0.5, 0.6) is 0 Å². The van der Waals surface area contributed by atoms with E-state index >= 15 is 0 Å². The minimum absolute atomic E-state index is 0.0961. The monoisotopic (exact) mass is 214 g/mol. The van der Waals surface area contributed by atoms with Crippen molar-refractivity contribution in [1.29, 1.82) is 0 Å². The molecule has 0 saturated heterocycles. The highest BCUT2D eigenvalue weighted by Crippen LogP contribution is 2.40. The molecule has 0 aromatic carbocycles. The van der Waals surface area contributed by atoms with E-state index in [4.69, 9.17) is 11.6 Å². The van der Waals surface area contributed by atoms with Gasteiger partial charge >= 0.3 is 0 Å². The van der Waals surface area contributed by atoms with Crippen LogP contribution in [0, 0.1) is 11.3 Å². The standard InChI is InChI=1S/C12H19ClO/c1-8(2)5-9-6-12(3,4)7-10(13)11(9)14/h9-10H,1,5-7H2,2-4H3. The summed E-state index contributed by atoms with van der Waals surface area (Å²) >= 11 is 6.05. The van der Waals surface area contributed by atoms with Crippen LogP contribution in [-0.4, -0.2) is 11.2 Å². The predicted octanol–water partition coefficient (Wildman–Crippen LogP) is 3.57. The van der Waals surface area contributed by atoms with E-state index in [9.17, 15) is 4.79 Å². The molecule has 0 radical (unpaired) electrons. The van der Waals surface area contributed by atoms with Crippen LogP contribution in [-0.2, 0) is 4.79 Å². The molecule has 1 fully saturated rings. The average molecular weight is 215 g/mol. The molecule has 14 heavy (non-hydrogen) atoms. The number of carbonyl (C=O) groups excluding carboxylic acids is 1. The Bertz CT molecular complexity index is 255. The molecule has 1 rings (SSSR count). The Kier molecular flexibility index (Phi) is 3.41. The third kappa shape index (κ3) is 2.84. The van der Waals surface area contributed by atoms with Gasteiger partial charge in [-0.2, -0.15) is 0 Å². The molecule has 2 heteroatoms. The molecule has 0 aromatic heterocycles. The smallest absolute Gasteiger partial charge is 0.154 e. The predicted molar refractivity (Wildman–Crippen MR) is 60.6 cm³/mol. The molecular formula is C12H19ClO. The van der Waals surface area contributed by atoms with Gasteiger partial charge in [-0.05, 0) is 31.6 Å². The molecule has 2 unspecified atom stereocenters. The Morgan fingerprint density at radius 3 is 2.64 bits per heavy atom. The van der Waals surface area contributed by atoms with Gasteiger partial charge in [-0.15, -0.1) is 18.2 Å². The zero-order chi connectivity index (χ0) is 10.9. The molecule has 1 saturated carbocycles. The number of alkyl halides is 1. The summed E-state index contributed by atoms with van der Waals surface area (Å²) in [5.74, 6) is 0.313. The number of hydrogen-bond acceptors (Lipinski definition) is 1. The number of ketones is 1. The van der Waals surface area contributed by atoms with E-state index in [2.05, 4.69) is 20.4 Å². The number of halogens is 1. The van der Waals surface area contributed by atoms with Crippen LogP contribution in [0.3, 0.4) is 0 Å². The minimum atomic E-state index is -0.289. The van der Waals surface area contributed by atoms with Crippen LogP contribution in [0.2, 0.25) is 0 Å². The van der Waals surface area contributed by atoms with Crippen molar-refractivity contribution >= 4 is 17.4 Å². The highest BCUT2D eigenvalue weighted by Gasteiger charge is 2.39. The molecule has 0 amide bonds. The van der Waals surface area contributed by atoms with Crippen LogP contribution in [0.1, 0.15) is 40.0 Å². The van der Waals surface area contributed by atoms with Gasteiger partial charge in [0.1, 0.15) is 0 Å². The van der Waals surface area contributed by atoms with Crippen molar-refractivity contribution in [3.8, 4) is 0 Å². The quantitative estimate of drug-likeness (QED) is 0.508. The molecule has 0 heterocycles. The highest BCUT2D eigenvalue weighted by molar-refractivity contribution is 6.31. The molecular weight excluding hydrogens is 196 g/mol. The fourth-order valence-corrected chi connectivity index (χ4v) is 2.88. The number of rotatable bonds is 2. The number of carbonyl (C=O) groups is 1. The Labute approximate surface area is 91.5 Å². The van der Waals surface area contributed by atoms with Gasteiger partial charge in [0.15, 0.2) is 5.78 Å². The maximum atomic E-state index is 11.8. The summed E-state index contributed by atoms with van der Waals surface area (Å²) < 4.78 is 0. The van der Waals surface area contributed by atoms with E-state index in [1.807, 2.05) is 6.92 Å². The average Bonchev–Trinajstić information content (AvgIpc) is 1.97. The van der Waals surface area contributed by atoms with Gasteiger partial charge in [0, 0.05) is 5.92 Å². The van der Waals surface area contributed by atoms with Gasteiger partial charge in [-0.25, -0.2) is 0 Å². The third-order valence-electron chi connectivity index (χ3n) is 2.84. The maximum absolute atomic E-state index is 11.8. The summed E-state index contributed by atoms with van der Waals surface area (Å²) in [6.07, 6.45) is 2.55. The second-order valence-corrected chi connectivity index (χ2v) is 5.83. The van der Waals surface area contributed by atoms with Gasteiger partial charge in [0.05, 0.1) is 5.38 Å². The Balaban J connectivity index is 2.73. The number of Topliss-reactive ketones (excluding diaryl/α,β-unsaturated/α-hetero) is 1. The SMILES string of the molecule is C=C(C)CC1CC(C)(C)CC(Cl)C1=O. The fourth-order valence-electron chi connectivity index (χ4n) is 2.29. The van der Waals surface area contributed by atoms with Crippen LogP contribution in [0.25, 0.3) is 0 Å². The molecule has 0 aliphatic heterocycles. The minimum Gasteiger partial charge on any atom is -0.298 e. The first-order chi connectivity index (χ1) is 6.32. The summed E-state index contributed by atoms with van der Waals surface area (Å²) in [7, 11) is 0. The summed E-state index contributed by atoms with van der Waals surface area (Å²) in [5, 5.41) is -0.289. The molecule has 0 spiro atoms. The van der Waals surface area contributed by atoms with Crippen LogP contribution in [0.15, 0.2) is 12.2 Å². The van der Waals surface area contributed by atoms with Crippen LogP contribution >= 0.6 is 11.6 Å². The normalized spacial score (nSPS) is 31.6. The van der Waals surface area contributed by atoms with Crippen molar-refractivity contribution < 1.29 is 4.79 Å². The van der Waals surface area contributed by atoms with E-state index in [0.29, 0.717) is 0 Å². The Morgan fingerprint density at radius 1 is 1.57 bits per heavy atom. The molecule has 80 valence electrons. The van der Waals surface area contributed by atoms with E-state index in [1.165, 1.54) is 0 Å². The Morgan fingerprint density at radius 2 is 2.14 bits per heavy atom.